The van der Waals surface area contributed by atoms with Crippen molar-refractivity contribution in [2.75, 3.05) is 13.1 Å². The summed E-state index contributed by atoms with van der Waals surface area (Å²) >= 11 is 0. The Bertz CT molecular complexity index is 1080. The van der Waals surface area contributed by atoms with E-state index >= 15 is 0 Å². The summed E-state index contributed by atoms with van der Waals surface area (Å²) in [6.07, 6.45) is 2.69. The number of rotatable bonds is 8. The summed E-state index contributed by atoms with van der Waals surface area (Å²) in [7, 11) is 0. The third-order valence-corrected chi connectivity index (χ3v) is 6.45. The molecule has 2 unspecified atom stereocenters. The summed E-state index contributed by atoms with van der Waals surface area (Å²) in [6, 6.07) is 23.2. The van der Waals surface area contributed by atoms with Gasteiger partial charge in [-0.15, -0.1) is 0 Å². The zero-order chi connectivity index (χ0) is 23.3. The maximum absolute atomic E-state index is 13.8. The molecule has 0 amide bonds. The number of hydrogen-bond donors (Lipinski definition) is 1. The lowest BCUT2D eigenvalue weighted by molar-refractivity contribution is -0.152. The number of carbonyl (C=O) groups excluding carboxylic acids is 2. The van der Waals surface area contributed by atoms with E-state index in [4.69, 9.17) is 0 Å². The molecule has 5 heteroatoms. The highest BCUT2D eigenvalue weighted by molar-refractivity contribution is 6.04. The molecule has 1 aliphatic rings. The standard InChI is InChI=1S/C28H28FNO3/c29-24-16-14-21(15-17-24)26(31)20-25(27(32)22-10-4-1-5-11-22)28(33,23-12-6-2-7-13-23)30-18-8-3-9-19-30/h1-2,4-7,10-17,25,33H,3,8-9,18-20H2. The lowest BCUT2D eigenvalue weighted by Gasteiger charge is -2.46. The van der Waals surface area contributed by atoms with Crippen molar-refractivity contribution in [2.45, 2.75) is 31.4 Å². The van der Waals surface area contributed by atoms with Crippen molar-refractivity contribution in [3.8, 4) is 0 Å². The topological polar surface area (TPSA) is 57.6 Å². The second-order valence-electron chi connectivity index (χ2n) is 8.56. The minimum Gasteiger partial charge on any atom is -0.371 e. The van der Waals surface area contributed by atoms with Gasteiger partial charge in [0.2, 0.25) is 0 Å². The molecule has 1 N–H and O–H groups in total. The number of nitrogens with zero attached hydrogens (tertiary/aromatic N) is 1. The van der Waals surface area contributed by atoms with Crippen LogP contribution in [0.15, 0.2) is 84.9 Å². The molecule has 0 aromatic heterocycles. The van der Waals surface area contributed by atoms with E-state index < -0.39 is 17.5 Å². The molecule has 0 radical (unpaired) electrons. The van der Waals surface area contributed by atoms with E-state index in [0.29, 0.717) is 29.8 Å². The molecule has 1 aliphatic heterocycles. The average Bonchev–Trinajstić information content (AvgIpc) is 2.88. The summed E-state index contributed by atoms with van der Waals surface area (Å²) in [5.74, 6) is -2.06. The smallest absolute Gasteiger partial charge is 0.171 e. The van der Waals surface area contributed by atoms with E-state index in [1.807, 2.05) is 41.3 Å². The van der Waals surface area contributed by atoms with Crippen molar-refractivity contribution in [3.63, 3.8) is 0 Å². The van der Waals surface area contributed by atoms with Crippen molar-refractivity contribution >= 4 is 11.6 Å². The van der Waals surface area contributed by atoms with E-state index in [-0.39, 0.29) is 18.0 Å². The fourth-order valence-corrected chi connectivity index (χ4v) is 4.68. The number of hydrogen-bond acceptors (Lipinski definition) is 4. The van der Waals surface area contributed by atoms with Gasteiger partial charge in [-0.2, -0.15) is 0 Å². The number of carbonyl (C=O) groups is 2. The summed E-state index contributed by atoms with van der Waals surface area (Å²) < 4.78 is 13.4. The minimum absolute atomic E-state index is 0.193. The Labute approximate surface area is 193 Å². The fourth-order valence-electron chi connectivity index (χ4n) is 4.68. The summed E-state index contributed by atoms with van der Waals surface area (Å²) in [4.78, 5) is 29.0. The van der Waals surface area contributed by atoms with Crippen LogP contribution in [0.25, 0.3) is 0 Å². The van der Waals surface area contributed by atoms with Gasteiger partial charge in [-0.25, -0.2) is 4.39 Å². The summed E-state index contributed by atoms with van der Waals surface area (Å²) in [5.41, 5.74) is -0.297. The van der Waals surface area contributed by atoms with Crippen molar-refractivity contribution in [1.29, 1.82) is 0 Å². The van der Waals surface area contributed by atoms with Gasteiger partial charge in [0.25, 0.3) is 0 Å². The molecular weight excluding hydrogens is 417 g/mol. The van der Waals surface area contributed by atoms with Crippen molar-refractivity contribution in [1.82, 2.24) is 4.90 Å². The van der Waals surface area contributed by atoms with Crippen molar-refractivity contribution in [3.05, 3.63) is 107 Å². The van der Waals surface area contributed by atoms with E-state index in [1.165, 1.54) is 24.3 Å². The van der Waals surface area contributed by atoms with Crippen LogP contribution in [0.5, 0.6) is 0 Å². The number of Topliss-reactive ketones (excluding diaryl/α,β-unsaturated/α-hetero) is 2. The van der Waals surface area contributed by atoms with Gasteiger partial charge in [0.1, 0.15) is 5.82 Å². The lowest BCUT2D eigenvalue weighted by Crippen LogP contribution is -2.56. The summed E-state index contributed by atoms with van der Waals surface area (Å²) in [6.45, 7) is 1.27. The highest BCUT2D eigenvalue weighted by Gasteiger charge is 2.48. The first-order chi connectivity index (χ1) is 16.0. The molecule has 0 bridgehead atoms. The van der Waals surface area contributed by atoms with Gasteiger partial charge in [-0.1, -0.05) is 67.1 Å². The molecule has 4 nitrogen and oxygen atoms in total. The van der Waals surface area contributed by atoms with E-state index in [0.717, 1.165) is 19.3 Å². The number of halogens is 1. The Morgan fingerprint density at radius 2 is 1.39 bits per heavy atom. The van der Waals surface area contributed by atoms with Crippen LogP contribution in [0.1, 0.15) is 52.0 Å². The maximum atomic E-state index is 13.8. The number of benzene rings is 3. The molecule has 2 atom stereocenters. The first kappa shape index (κ1) is 23.0. The molecule has 1 saturated heterocycles. The van der Waals surface area contributed by atoms with Gasteiger partial charge in [0, 0.05) is 30.6 Å². The van der Waals surface area contributed by atoms with Crippen molar-refractivity contribution in [2.24, 2.45) is 5.92 Å². The highest BCUT2D eigenvalue weighted by Crippen LogP contribution is 2.40. The van der Waals surface area contributed by atoms with Crippen LogP contribution in [0, 0.1) is 11.7 Å². The van der Waals surface area contributed by atoms with Gasteiger partial charge in [-0.05, 0) is 42.7 Å². The second-order valence-corrected chi connectivity index (χ2v) is 8.56. The number of aliphatic hydroxyl groups is 1. The van der Waals surface area contributed by atoms with Gasteiger partial charge in [-0.3, -0.25) is 14.5 Å². The molecule has 0 spiro atoms. The van der Waals surface area contributed by atoms with Crippen LogP contribution in [0.2, 0.25) is 0 Å². The average molecular weight is 446 g/mol. The maximum Gasteiger partial charge on any atom is 0.171 e. The first-order valence-corrected chi connectivity index (χ1v) is 11.4. The summed E-state index contributed by atoms with van der Waals surface area (Å²) in [5, 5.41) is 12.3. The van der Waals surface area contributed by atoms with E-state index in [9.17, 15) is 19.1 Å². The second kappa shape index (κ2) is 10.2. The third kappa shape index (κ3) is 4.95. The van der Waals surface area contributed by atoms with Crippen LogP contribution in [-0.4, -0.2) is 34.7 Å². The van der Waals surface area contributed by atoms with E-state index in [2.05, 4.69) is 0 Å². The van der Waals surface area contributed by atoms with Crippen molar-refractivity contribution < 1.29 is 19.1 Å². The molecule has 170 valence electrons. The predicted molar refractivity (Wildman–Crippen MR) is 125 cm³/mol. The molecule has 0 aliphatic carbocycles. The van der Waals surface area contributed by atoms with Crippen LogP contribution in [0.3, 0.4) is 0 Å². The lowest BCUT2D eigenvalue weighted by atomic mass is 9.77. The molecular formula is C28H28FNO3. The SMILES string of the molecule is O=C(CC(C(=O)c1ccccc1)C(O)(c1ccccc1)N1CCCCC1)c1ccc(F)cc1. The Balaban J connectivity index is 1.80. The molecule has 4 rings (SSSR count). The zero-order valence-corrected chi connectivity index (χ0v) is 18.5. The Morgan fingerprint density at radius 3 is 2.00 bits per heavy atom. The van der Waals surface area contributed by atoms with Gasteiger partial charge >= 0.3 is 0 Å². The third-order valence-electron chi connectivity index (χ3n) is 6.45. The zero-order valence-electron chi connectivity index (χ0n) is 18.5. The predicted octanol–water partition coefficient (Wildman–Crippen LogP) is 5.23. The molecule has 33 heavy (non-hydrogen) atoms. The molecule has 1 fully saturated rings. The van der Waals surface area contributed by atoms with Crippen LogP contribution in [0.4, 0.5) is 4.39 Å². The number of ketones is 2. The fraction of sp³-hybridized carbons (Fsp3) is 0.286. The Kier molecular flexibility index (Phi) is 7.11. The molecule has 3 aromatic carbocycles. The monoisotopic (exact) mass is 445 g/mol. The van der Waals surface area contributed by atoms with E-state index in [1.54, 1.807) is 24.3 Å². The first-order valence-electron chi connectivity index (χ1n) is 11.4. The normalized spacial score (nSPS) is 17.2. The Hall–Kier alpha value is -3.15. The van der Waals surface area contributed by atoms with Gasteiger partial charge in [0.05, 0.1) is 5.92 Å². The van der Waals surface area contributed by atoms with Crippen LogP contribution < -0.4 is 0 Å². The molecule has 0 saturated carbocycles. The minimum atomic E-state index is -1.65. The number of likely N-dealkylation sites (tertiary alicyclic amines) is 1. The van der Waals surface area contributed by atoms with Gasteiger partial charge in [0.15, 0.2) is 17.3 Å². The molecule has 3 aromatic rings. The van der Waals surface area contributed by atoms with Crippen LogP contribution >= 0.6 is 0 Å². The highest BCUT2D eigenvalue weighted by atomic mass is 19.1. The molecule has 1 heterocycles. The van der Waals surface area contributed by atoms with Crippen LogP contribution in [-0.2, 0) is 5.72 Å². The Morgan fingerprint density at radius 1 is 0.818 bits per heavy atom. The quantitative estimate of drug-likeness (QED) is 0.483. The largest absolute Gasteiger partial charge is 0.371 e. The number of piperidine rings is 1. The van der Waals surface area contributed by atoms with Gasteiger partial charge < -0.3 is 5.11 Å².